The van der Waals surface area contributed by atoms with E-state index in [1.807, 2.05) is 24.3 Å². The number of rotatable bonds is 6. The summed E-state index contributed by atoms with van der Waals surface area (Å²) < 4.78 is 12.2. The highest BCUT2D eigenvalue weighted by molar-refractivity contribution is 6.33. The molecule has 0 saturated carbocycles. The van der Waals surface area contributed by atoms with Crippen LogP contribution in [0.25, 0.3) is 0 Å². The van der Waals surface area contributed by atoms with E-state index >= 15 is 0 Å². The minimum absolute atomic E-state index is 0.265. The van der Waals surface area contributed by atoms with Crippen LogP contribution in [0.4, 0.5) is 0 Å². The van der Waals surface area contributed by atoms with Gasteiger partial charge in [0.25, 0.3) is 5.91 Å². The van der Waals surface area contributed by atoms with Crippen molar-refractivity contribution in [2.24, 2.45) is 7.05 Å². The van der Waals surface area contributed by atoms with Gasteiger partial charge in [-0.1, -0.05) is 23.7 Å². The fourth-order valence-corrected chi connectivity index (χ4v) is 2.30. The van der Waals surface area contributed by atoms with Gasteiger partial charge in [-0.15, -0.1) is 0 Å². The van der Waals surface area contributed by atoms with E-state index in [2.05, 4.69) is 10.4 Å². The van der Waals surface area contributed by atoms with E-state index in [9.17, 15) is 4.79 Å². The molecule has 118 valence electrons. The number of ether oxygens (including phenoxy) is 2. The van der Waals surface area contributed by atoms with Gasteiger partial charge in [-0.25, -0.2) is 0 Å². The first-order valence-electron chi connectivity index (χ1n) is 6.77. The van der Waals surface area contributed by atoms with Crippen LogP contribution >= 0.6 is 11.6 Å². The number of halogens is 1. The molecule has 2 rings (SSSR count). The van der Waals surface area contributed by atoms with Crippen molar-refractivity contribution in [2.75, 3.05) is 20.3 Å². The third-order valence-corrected chi connectivity index (χ3v) is 3.53. The number of methoxy groups -OCH3 is 1. The number of carbonyl (C=O) groups excluding carboxylic acids is 1. The average Bonchev–Trinajstić information content (AvgIpc) is 2.76. The summed E-state index contributed by atoms with van der Waals surface area (Å²) in [5.41, 5.74) is 0.983. The number of aryl methyl sites for hydroxylation is 2. The van der Waals surface area contributed by atoms with Crippen LogP contribution in [0.5, 0.6) is 11.5 Å². The van der Waals surface area contributed by atoms with Gasteiger partial charge in [0.2, 0.25) is 0 Å². The Morgan fingerprint density at radius 1 is 1.36 bits per heavy atom. The summed E-state index contributed by atoms with van der Waals surface area (Å²) in [5.74, 6) is 1.02. The topological polar surface area (TPSA) is 65.4 Å². The van der Waals surface area contributed by atoms with Gasteiger partial charge in [-0.05, 0) is 19.1 Å². The molecule has 22 heavy (non-hydrogen) atoms. The van der Waals surface area contributed by atoms with Crippen LogP contribution in [0.2, 0.25) is 5.15 Å². The van der Waals surface area contributed by atoms with Crippen molar-refractivity contribution in [1.29, 1.82) is 0 Å². The summed E-state index contributed by atoms with van der Waals surface area (Å²) in [6.45, 7) is 2.41. The number of amides is 1. The summed E-state index contributed by atoms with van der Waals surface area (Å²) in [7, 11) is 3.27. The fraction of sp³-hybridized carbons (Fsp3) is 0.333. The molecule has 0 spiro atoms. The Kier molecular flexibility index (Phi) is 5.27. The predicted octanol–water partition coefficient (Wildman–Crippen LogP) is 2.20. The number of aromatic nitrogens is 2. The average molecular weight is 324 g/mol. The van der Waals surface area contributed by atoms with E-state index in [0.29, 0.717) is 41.1 Å². The molecule has 6 nitrogen and oxygen atoms in total. The predicted molar refractivity (Wildman–Crippen MR) is 83.8 cm³/mol. The number of hydrogen-bond donors (Lipinski definition) is 1. The molecule has 0 fully saturated rings. The quantitative estimate of drug-likeness (QED) is 0.828. The van der Waals surface area contributed by atoms with Crippen molar-refractivity contribution >= 4 is 17.5 Å². The Labute approximate surface area is 134 Å². The highest BCUT2D eigenvalue weighted by Crippen LogP contribution is 2.25. The van der Waals surface area contributed by atoms with E-state index in [-0.39, 0.29) is 5.91 Å². The second-order valence-electron chi connectivity index (χ2n) is 4.63. The number of benzene rings is 1. The molecule has 1 aromatic heterocycles. The zero-order chi connectivity index (χ0) is 16.1. The van der Waals surface area contributed by atoms with Gasteiger partial charge in [0.1, 0.15) is 11.8 Å². The van der Waals surface area contributed by atoms with Crippen LogP contribution in [-0.2, 0) is 7.05 Å². The molecule has 0 saturated heterocycles. The lowest BCUT2D eigenvalue weighted by Gasteiger charge is -2.10. The maximum atomic E-state index is 12.1. The molecule has 0 bridgehead atoms. The Morgan fingerprint density at radius 3 is 2.64 bits per heavy atom. The van der Waals surface area contributed by atoms with E-state index in [1.165, 1.54) is 4.68 Å². The van der Waals surface area contributed by atoms with Crippen molar-refractivity contribution in [3.63, 3.8) is 0 Å². The van der Waals surface area contributed by atoms with Crippen molar-refractivity contribution < 1.29 is 14.3 Å². The minimum atomic E-state index is -0.265. The fourth-order valence-electron chi connectivity index (χ4n) is 2.04. The molecule has 7 heteroatoms. The van der Waals surface area contributed by atoms with E-state index in [0.717, 1.165) is 0 Å². The highest BCUT2D eigenvalue weighted by Gasteiger charge is 2.18. The molecule has 1 aromatic carbocycles. The lowest BCUT2D eigenvalue weighted by Crippen LogP contribution is -2.28. The van der Waals surface area contributed by atoms with Crippen LogP contribution < -0.4 is 14.8 Å². The Balaban J connectivity index is 1.87. The monoisotopic (exact) mass is 323 g/mol. The molecule has 2 aromatic rings. The molecule has 0 aliphatic carbocycles. The number of nitrogens with one attached hydrogen (secondary N) is 1. The van der Waals surface area contributed by atoms with Gasteiger partial charge < -0.3 is 14.8 Å². The Hall–Kier alpha value is -2.21. The summed E-state index contributed by atoms with van der Waals surface area (Å²) in [6.07, 6.45) is 0. The van der Waals surface area contributed by atoms with Crippen LogP contribution in [0.3, 0.4) is 0 Å². The number of carbonyl (C=O) groups is 1. The van der Waals surface area contributed by atoms with Gasteiger partial charge in [0.15, 0.2) is 11.5 Å². The third-order valence-electron chi connectivity index (χ3n) is 3.09. The van der Waals surface area contributed by atoms with Crippen molar-refractivity contribution in [1.82, 2.24) is 15.1 Å². The molecular weight excluding hydrogens is 306 g/mol. The SMILES string of the molecule is COc1ccccc1OCCNC(=O)c1c(C)nn(C)c1Cl. The maximum Gasteiger partial charge on any atom is 0.256 e. The first-order chi connectivity index (χ1) is 10.5. The molecule has 1 amide bonds. The van der Waals surface area contributed by atoms with E-state index in [4.69, 9.17) is 21.1 Å². The maximum absolute atomic E-state index is 12.1. The van der Waals surface area contributed by atoms with Crippen LogP contribution in [-0.4, -0.2) is 35.9 Å². The normalized spacial score (nSPS) is 10.4. The van der Waals surface area contributed by atoms with E-state index in [1.54, 1.807) is 21.1 Å². The van der Waals surface area contributed by atoms with Crippen LogP contribution in [0.1, 0.15) is 16.1 Å². The zero-order valence-corrected chi connectivity index (χ0v) is 13.5. The highest BCUT2D eigenvalue weighted by atomic mass is 35.5. The number of hydrogen-bond acceptors (Lipinski definition) is 4. The van der Waals surface area contributed by atoms with Gasteiger partial charge in [-0.2, -0.15) is 5.10 Å². The molecule has 0 atom stereocenters. The minimum Gasteiger partial charge on any atom is -0.493 e. The summed E-state index contributed by atoms with van der Waals surface area (Å²) in [6, 6.07) is 7.34. The first kappa shape index (κ1) is 16.2. The van der Waals surface area contributed by atoms with E-state index < -0.39 is 0 Å². The first-order valence-corrected chi connectivity index (χ1v) is 7.15. The summed E-state index contributed by atoms with van der Waals surface area (Å²) >= 11 is 6.05. The van der Waals surface area contributed by atoms with Gasteiger partial charge >= 0.3 is 0 Å². The second kappa shape index (κ2) is 7.17. The standard InChI is InChI=1S/C15H18ClN3O3/c1-10-13(14(16)19(2)18-10)15(20)17-8-9-22-12-7-5-4-6-11(12)21-3/h4-7H,8-9H2,1-3H3,(H,17,20). The molecule has 0 aliphatic heterocycles. The van der Waals surface area contributed by atoms with Gasteiger partial charge in [-0.3, -0.25) is 9.48 Å². The molecular formula is C15H18ClN3O3. The van der Waals surface area contributed by atoms with Crippen LogP contribution in [0.15, 0.2) is 24.3 Å². The second-order valence-corrected chi connectivity index (χ2v) is 4.99. The molecule has 1 heterocycles. The van der Waals surface area contributed by atoms with Gasteiger partial charge in [0.05, 0.1) is 24.9 Å². The third kappa shape index (κ3) is 3.51. The zero-order valence-electron chi connectivity index (χ0n) is 12.7. The Morgan fingerprint density at radius 2 is 2.05 bits per heavy atom. The number of nitrogens with zero attached hydrogens (tertiary/aromatic N) is 2. The number of para-hydroxylation sites is 2. The lowest BCUT2D eigenvalue weighted by molar-refractivity contribution is 0.0946. The summed E-state index contributed by atoms with van der Waals surface area (Å²) in [5, 5.41) is 7.19. The molecule has 0 unspecified atom stereocenters. The molecule has 0 radical (unpaired) electrons. The van der Waals surface area contributed by atoms with Crippen molar-refractivity contribution in [3.8, 4) is 11.5 Å². The van der Waals surface area contributed by atoms with Crippen LogP contribution in [0, 0.1) is 6.92 Å². The largest absolute Gasteiger partial charge is 0.493 e. The Bertz CT molecular complexity index is 670. The molecule has 0 aliphatic rings. The smallest absolute Gasteiger partial charge is 0.256 e. The van der Waals surface area contributed by atoms with Crippen molar-refractivity contribution in [3.05, 3.63) is 40.7 Å². The van der Waals surface area contributed by atoms with Gasteiger partial charge in [0, 0.05) is 7.05 Å². The van der Waals surface area contributed by atoms with Crippen molar-refractivity contribution in [2.45, 2.75) is 6.92 Å². The molecule has 1 N–H and O–H groups in total. The lowest BCUT2D eigenvalue weighted by atomic mass is 10.2. The summed E-state index contributed by atoms with van der Waals surface area (Å²) in [4.78, 5) is 12.1.